The lowest BCUT2D eigenvalue weighted by Crippen LogP contribution is -2.38. The van der Waals surface area contributed by atoms with Crippen molar-refractivity contribution in [2.24, 2.45) is 0 Å². The number of ether oxygens (including phenoxy) is 2. The topological polar surface area (TPSA) is 125 Å². The van der Waals surface area contributed by atoms with Gasteiger partial charge < -0.3 is 41.4 Å². The molecule has 0 aliphatic carbocycles. The number of fused-ring (bicyclic) bond motifs is 1. The van der Waals surface area contributed by atoms with Crippen molar-refractivity contribution in [3.63, 3.8) is 0 Å². The van der Waals surface area contributed by atoms with Crippen molar-refractivity contribution in [3.05, 3.63) is 96.1 Å². The van der Waals surface area contributed by atoms with Crippen LogP contribution in [0.25, 0.3) is 10.8 Å². The highest BCUT2D eigenvalue weighted by Gasteiger charge is 2.07. The minimum absolute atomic E-state index is 0.129. The van der Waals surface area contributed by atoms with Gasteiger partial charge in [-0.25, -0.2) is 0 Å². The monoisotopic (exact) mass is 658 g/mol. The summed E-state index contributed by atoms with van der Waals surface area (Å²) in [5, 5.41) is 20.7. The normalized spacial score (nSPS) is 10.4. The predicted molar refractivity (Wildman–Crippen MR) is 192 cm³/mol. The summed E-state index contributed by atoms with van der Waals surface area (Å²) >= 11 is 10.6. The Morgan fingerprint density at radius 1 is 0.543 bits per heavy atom. The van der Waals surface area contributed by atoms with Gasteiger partial charge >= 0.3 is 0 Å². The Hall–Kier alpha value is -4.94. The van der Waals surface area contributed by atoms with Crippen molar-refractivity contribution in [3.8, 4) is 11.5 Å². The summed E-state index contributed by atoms with van der Waals surface area (Å²) in [4.78, 5) is 24.6. The molecule has 0 heterocycles. The highest BCUT2D eigenvalue weighted by molar-refractivity contribution is 7.80. The van der Waals surface area contributed by atoms with Gasteiger partial charge in [-0.15, -0.1) is 0 Å². The molecule has 0 radical (unpaired) electrons. The molecular formula is C34H38N6O4S2. The summed E-state index contributed by atoms with van der Waals surface area (Å²) in [5.74, 6) is 0.590. The Morgan fingerprint density at radius 3 is 1.35 bits per heavy atom. The molecule has 12 heteroatoms. The van der Waals surface area contributed by atoms with Crippen LogP contribution >= 0.6 is 24.4 Å². The van der Waals surface area contributed by atoms with E-state index in [1.165, 1.54) is 11.1 Å². The van der Waals surface area contributed by atoms with E-state index < -0.39 is 0 Å². The summed E-state index contributed by atoms with van der Waals surface area (Å²) < 4.78 is 11.4. The van der Waals surface area contributed by atoms with Crippen LogP contribution in [-0.4, -0.2) is 61.4 Å². The first-order valence-electron chi connectivity index (χ1n) is 14.8. The molecule has 4 aromatic rings. The second-order valence-corrected chi connectivity index (χ2v) is 11.3. The van der Waals surface area contributed by atoms with Crippen molar-refractivity contribution < 1.29 is 19.1 Å². The molecule has 2 amide bonds. The third kappa shape index (κ3) is 11.9. The van der Waals surface area contributed by atoms with Crippen LogP contribution < -0.4 is 41.4 Å². The summed E-state index contributed by atoms with van der Waals surface area (Å²) in [6.45, 7) is 5.50. The first-order valence-corrected chi connectivity index (χ1v) is 15.6. The van der Waals surface area contributed by atoms with Crippen LogP contribution in [0.15, 0.2) is 84.9 Å². The van der Waals surface area contributed by atoms with Crippen molar-refractivity contribution in [1.82, 2.24) is 21.3 Å². The molecule has 4 aromatic carbocycles. The molecule has 4 rings (SSSR count). The van der Waals surface area contributed by atoms with Gasteiger partial charge in [-0.3, -0.25) is 9.59 Å². The van der Waals surface area contributed by atoms with E-state index >= 15 is 0 Å². The number of carbonyl (C=O) groups excluding carboxylic acids is 2. The van der Waals surface area contributed by atoms with E-state index in [4.69, 9.17) is 33.9 Å². The molecule has 0 aromatic heterocycles. The van der Waals surface area contributed by atoms with E-state index in [-0.39, 0.29) is 25.0 Å². The van der Waals surface area contributed by atoms with Gasteiger partial charge in [-0.1, -0.05) is 47.5 Å². The molecule has 10 nitrogen and oxygen atoms in total. The number of thiocarbonyl (C=S) groups is 2. The van der Waals surface area contributed by atoms with Gasteiger partial charge in [0.15, 0.2) is 23.4 Å². The lowest BCUT2D eigenvalue weighted by molar-refractivity contribution is -0.123. The highest BCUT2D eigenvalue weighted by atomic mass is 32.1. The van der Waals surface area contributed by atoms with Gasteiger partial charge in [0.2, 0.25) is 0 Å². The quantitative estimate of drug-likeness (QED) is 0.0857. The Morgan fingerprint density at radius 2 is 0.935 bits per heavy atom. The number of aryl methyl sites for hydroxylation is 2. The summed E-state index contributed by atoms with van der Waals surface area (Å²) in [7, 11) is 0. The predicted octanol–water partition coefficient (Wildman–Crippen LogP) is 4.42. The molecule has 0 atom stereocenters. The third-order valence-corrected chi connectivity index (χ3v) is 7.10. The van der Waals surface area contributed by atoms with Gasteiger partial charge in [0.05, 0.1) is 0 Å². The second kappa shape index (κ2) is 17.5. The number of hydrogen-bond acceptors (Lipinski definition) is 6. The Kier molecular flexibility index (Phi) is 12.9. The molecule has 0 fully saturated rings. The molecular weight excluding hydrogens is 621 g/mol. The maximum atomic E-state index is 12.3. The minimum atomic E-state index is -0.248. The fourth-order valence-corrected chi connectivity index (χ4v) is 4.60. The molecule has 0 unspecified atom stereocenters. The zero-order valence-electron chi connectivity index (χ0n) is 25.8. The average Bonchev–Trinajstić information content (AvgIpc) is 3.05. The second-order valence-electron chi connectivity index (χ2n) is 10.4. The van der Waals surface area contributed by atoms with Crippen LogP contribution in [0.2, 0.25) is 0 Å². The van der Waals surface area contributed by atoms with Crippen LogP contribution in [-0.2, 0) is 9.59 Å². The maximum absolute atomic E-state index is 12.3. The Labute approximate surface area is 279 Å². The minimum Gasteiger partial charge on any atom is -0.484 e. The van der Waals surface area contributed by atoms with E-state index in [9.17, 15) is 9.59 Å². The van der Waals surface area contributed by atoms with E-state index in [1.54, 1.807) is 12.1 Å². The number of anilines is 2. The summed E-state index contributed by atoms with van der Waals surface area (Å²) in [6, 6.07) is 26.9. The number of carbonyl (C=O) groups is 2. The van der Waals surface area contributed by atoms with Gasteiger partial charge in [-0.05, 0) is 97.6 Å². The van der Waals surface area contributed by atoms with Crippen LogP contribution in [0.5, 0.6) is 11.5 Å². The molecule has 0 aliphatic heterocycles. The molecule has 0 saturated carbocycles. The van der Waals surface area contributed by atoms with E-state index in [2.05, 4.69) is 31.9 Å². The van der Waals surface area contributed by atoms with Gasteiger partial charge in [0, 0.05) is 37.6 Å². The van der Waals surface area contributed by atoms with Crippen molar-refractivity contribution in [2.75, 3.05) is 50.0 Å². The van der Waals surface area contributed by atoms with E-state index in [0.29, 0.717) is 47.9 Å². The lowest BCUT2D eigenvalue weighted by atomic mass is 10.1. The zero-order chi connectivity index (χ0) is 32.7. The van der Waals surface area contributed by atoms with Crippen LogP contribution in [0.4, 0.5) is 11.4 Å². The molecule has 0 saturated heterocycles. The fraction of sp³-hybridized carbons (Fsp3) is 0.235. The zero-order valence-corrected chi connectivity index (χ0v) is 27.4. The lowest BCUT2D eigenvalue weighted by Gasteiger charge is -2.12. The summed E-state index contributed by atoms with van der Waals surface area (Å²) in [6.07, 6.45) is 0. The SMILES string of the molecule is Cc1ccc(NC(=S)NCCNC(=O)COc2ccc3ccc(OCC(=O)NCCNC(=S)Nc4ccc(C)cc4)cc3c2)cc1. The number of rotatable bonds is 14. The summed E-state index contributed by atoms with van der Waals surface area (Å²) in [5.41, 5.74) is 4.13. The highest BCUT2D eigenvalue weighted by Crippen LogP contribution is 2.25. The van der Waals surface area contributed by atoms with E-state index in [0.717, 1.165) is 22.1 Å². The first-order chi connectivity index (χ1) is 22.2. The number of hydrogen-bond donors (Lipinski definition) is 6. The number of nitrogens with one attached hydrogen (secondary N) is 6. The molecule has 0 spiro atoms. The average molecular weight is 659 g/mol. The number of amides is 2. The van der Waals surface area contributed by atoms with Gasteiger partial charge in [0.1, 0.15) is 11.5 Å². The molecule has 0 aliphatic rings. The first kappa shape index (κ1) is 33.9. The smallest absolute Gasteiger partial charge is 0.258 e. The molecule has 240 valence electrons. The third-order valence-electron chi connectivity index (χ3n) is 6.61. The van der Waals surface area contributed by atoms with Crippen molar-refractivity contribution in [2.45, 2.75) is 13.8 Å². The Balaban J connectivity index is 1.11. The maximum Gasteiger partial charge on any atom is 0.258 e. The van der Waals surface area contributed by atoms with Crippen LogP contribution in [0.3, 0.4) is 0 Å². The Bertz CT molecular complexity index is 1530. The van der Waals surface area contributed by atoms with Crippen molar-refractivity contribution in [1.29, 1.82) is 0 Å². The van der Waals surface area contributed by atoms with Crippen LogP contribution in [0.1, 0.15) is 11.1 Å². The van der Waals surface area contributed by atoms with E-state index in [1.807, 2.05) is 86.6 Å². The van der Waals surface area contributed by atoms with Crippen molar-refractivity contribution >= 4 is 68.6 Å². The fourth-order valence-electron chi connectivity index (χ4n) is 4.16. The number of benzene rings is 4. The van der Waals surface area contributed by atoms with Gasteiger partial charge in [-0.2, -0.15) is 0 Å². The molecule has 6 N–H and O–H groups in total. The molecule has 46 heavy (non-hydrogen) atoms. The standard InChI is InChI=1S/C34H38N6O4S2/c1-23-3-9-27(10-4-23)39-33(45)37-17-15-35-31(41)21-43-29-13-7-25-8-14-30(20-26(25)19-29)44-22-32(42)36-16-18-38-34(46)40-28-11-5-24(2)6-12-28/h3-14,19-20H,15-18,21-22H2,1-2H3,(H,35,41)(H,36,42)(H2,37,39,45)(H2,38,40,46). The van der Waals surface area contributed by atoms with Gasteiger partial charge in [0.25, 0.3) is 11.8 Å². The largest absolute Gasteiger partial charge is 0.484 e. The molecule has 0 bridgehead atoms. The van der Waals surface area contributed by atoms with Crippen LogP contribution in [0, 0.1) is 13.8 Å².